The first-order valence-electron chi connectivity index (χ1n) is 8.03. The molecule has 0 bridgehead atoms. The summed E-state index contributed by atoms with van der Waals surface area (Å²) in [6.07, 6.45) is -1.08. The van der Waals surface area contributed by atoms with Crippen molar-refractivity contribution >= 4 is 39.1 Å². The van der Waals surface area contributed by atoms with Crippen molar-refractivity contribution < 1.29 is 18.7 Å². The quantitative estimate of drug-likeness (QED) is 0.668. The smallest absolute Gasteiger partial charge is 0.349 e. The summed E-state index contributed by atoms with van der Waals surface area (Å²) >= 11 is 1.04. The van der Waals surface area contributed by atoms with Gasteiger partial charge >= 0.3 is 5.97 Å². The Labute approximate surface area is 157 Å². The van der Waals surface area contributed by atoms with Crippen LogP contribution in [0.5, 0.6) is 0 Å². The normalized spacial score (nSPS) is 12.0. The van der Waals surface area contributed by atoms with Gasteiger partial charge in [-0.05, 0) is 50.6 Å². The highest BCUT2D eigenvalue weighted by Crippen LogP contribution is 2.28. The molecule has 3 aromatic rings. The molecule has 0 aliphatic heterocycles. The molecule has 27 heavy (non-hydrogen) atoms. The van der Waals surface area contributed by atoms with Crippen LogP contribution in [0.15, 0.2) is 29.1 Å². The number of aryl methyl sites for hydroxylation is 2. The third-order valence-corrected chi connectivity index (χ3v) is 5.03. The van der Waals surface area contributed by atoms with Crippen LogP contribution in [0.2, 0.25) is 0 Å². The molecule has 0 aliphatic rings. The van der Waals surface area contributed by atoms with Crippen LogP contribution in [0.1, 0.15) is 28.0 Å². The number of aromatic nitrogens is 2. The molecule has 140 valence electrons. The molecule has 0 saturated heterocycles. The van der Waals surface area contributed by atoms with Crippen molar-refractivity contribution in [3.05, 3.63) is 56.7 Å². The van der Waals surface area contributed by atoms with Crippen molar-refractivity contribution in [1.82, 2.24) is 9.97 Å². The Morgan fingerprint density at radius 1 is 1.26 bits per heavy atom. The molecule has 2 N–H and O–H groups in total. The highest BCUT2D eigenvalue weighted by Gasteiger charge is 2.24. The number of benzene rings is 1. The van der Waals surface area contributed by atoms with Crippen LogP contribution < -0.4 is 10.9 Å². The van der Waals surface area contributed by atoms with Gasteiger partial charge in [-0.15, -0.1) is 11.3 Å². The van der Waals surface area contributed by atoms with E-state index in [0.29, 0.717) is 27.3 Å². The molecule has 1 aromatic carbocycles. The number of ether oxygens (including phenoxy) is 1. The summed E-state index contributed by atoms with van der Waals surface area (Å²) in [4.78, 5) is 44.2. The topological polar surface area (TPSA) is 101 Å². The number of thiophene rings is 1. The number of fused-ring (bicyclic) bond motifs is 1. The van der Waals surface area contributed by atoms with Gasteiger partial charge in [-0.1, -0.05) is 0 Å². The lowest BCUT2D eigenvalue weighted by Gasteiger charge is -2.13. The summed E-state index contributed by atoms with van der Waals surface area (Å²) in [7, 11) is 0. The number of esters is 1. The van der Waals surface area contributed by atoms with E-state index in [-0.39, 0.29) is 10.4 Å². The first kappa shape index (κ1) is 18.7. The molecule has 2 aromatic heterocycles. The summed E-state index contributed by atoms with van der Waals surface area (Å²) in [6, 6.07) is 5.22. The van der Waals surface area contributed by atoms with Crippen molar-refractivity contribution in [3.8, 4) is 0 Å². The van der Waals surface area contributed by atoms with Gasteiger partial charge < -0.3 is 15.0 Å². The van der Waals surface area contributed by atoms with Crippen LogP contribution in [-0.4, -0.2) is 27.9 Å². The van der Waals surface area contributed by atoms with E-state index in [1.54, 1.807) is 13.8 Å². The number of aromatic amines is 1. The third-order valence-electron chi connectivity index (χ3n) is 3.87. The van der Waals surface area contributed by atoms with E-state index in [1.807, 2.05) is 0 Å². The summed E-state index contributed by atoms with van der Waals surface area (Å²) in [5, 5.41) is 2.87. The maximum atomic E-state index is 12.9. The fourth-order valence-electron chi connectivity index (χ4n) is 2.49. The van der Waals surface area contributed by atoms with Gasteiger partial charge in [0.25, 0.3) is 11.5 Å². The number of carbonyl (C=O) groups excluding carboxylic acids is 2. The van der Waals surface area contributed by atoms with E-state index in [9.17, 15) is 18.8 Å². The van der Waals surface area contributed by atoms with Gasteiger partial charge in [0.15, 0.2) is 6.10 Å². The molecule has 0 unspecified atom stereocenters. The number of halogens is 1. The number of amides is 1. The number of rotatable bonds is 4. The van der Waals surface area contributed by atoms with E-state index < -0.39 is 23.8 Å². The third kappa shape index (κ3) is 3.87. The largest absolute Gasteiger partial charge is 0.448 e. The van der Waals surface area contributed by atoms with E-state index in [0.717, 1.165) is 11.3 Å². The number of nitrogens with zero attached hydrogens (tertiary/aromatic N) is 1. The summed E-state index contributed by atoms with van der Waals surface area (Å²) in [5.74, 6) is -1.25. The Morgan fingerprint density at radius 3 is 2.59 bits per heavy atom. The minimum atomic E-state index is -1.08. The lowest BCUT2D eigenvalue weighted by molar-refractivity contribution is -0.123. The lowest BCUT2D eigenvalue weighted by atomic mass is 10.2. The Kier molecular flexibility index (Phi) is 5.04. The molecule has 1 atom stereocenters. The van der Waals surface area contributed by atoms with E-state index in [4.69, 9.17) is 4.74 Å². The predicted octanol–water partition coefficient (Wildman–Crippen LogP) is 2.92. The molecule has 0 fully saturated rings. The van der Waals surface area contributed by atoms with Crippen LogP contribution in [0.3, 0.4) is 0 Å². The fourth-order valence-corrected chi connectivity index (χ4v) is 3.60. The van der Waals surface area contributed by atoms with Crippen molar-refractivity contribution in [1.29, 1.82) is 0 Å². The first-order chi connectivity index (χ1) is 12.8. The van der Waals surface area contributed by atoms with Gasteiger partial charge in [-0.3, -0.25) is 9.59 Å². The minimum absolute atomic E-state index is 0.218. The zero-order valence-electron chi connectivity index (χ0n) is 14.8. The lowest BCUT2D eigenvalue weighted by Crippen LogP contribution is -2.29. The first-order valence-corrected chi connectivity index (χ1v) is 8.85. The average Bonchev–Trinajstić information content (AvgIpc) is 2.93. The van der Waals surface area contributed by atoms with E-state index >= 15 is 0 Å². The SMILES string of the molecule is Cc1nc2sc(C(=O)O[C@H](C)C(=O)Nc3ccc(F)cc3)c(C)c2c(=O)[nH]1. The molecule has 7 nitrogen and oxygen atoms in total. The Balaban J connectivity index is 1.76. The summed E-state index contributed by atoms with van der Waals surface area (Å²) < 4.78 is 18.1. The Morgan fingerprint density at radius 2 is 1.93 bits per heavy atom. The molecular formula is C18H16FN3O4S. The zero-order chi connectivity index (χ0) is 19.7. The monoisotopic (exact) mass is 389 g/mol. The van der Waals surface area contributed by atoms with Crippen molar-refractivity contribution in [3.63, 3.8) is 0 Å². The van der Waals surface area contributed by atoms with Gasteiger partial charge in [0.2, 0.25) is 0 Å². The fraction of sp³-hybridized carbons (Fsp3) is 0.222. The standard InChI is InChI=1S/C18H16FN3O4S/c1-8-13-16(24)20-10(3)21-17(13)27-14(8)18(25)26-9(2)15(23)22-12-6-4-11(19)5-7-12/h4-7,9H,1-3H3,(H,22,23)(H,20,21,24)/t9-/m1/s1. The van der Waals surface area contributed by atoms with Crippen molar-refractivity contribution in [2.75, 3.05) is 5.32 Å². The Bertz CT molecular complexity index is 1090. The average molecular weight is 389 g/mol. The summed E-state index contributed by atoms with van der Waals surface area (Å²) in [5.41, 5.74) is 0.515. The second-order valence-corrected chi connectivity index (χ2v) is 6.93. The molecular weight excluding hydrogens is 373 g/mol. The molecule has 0 radical (unpaired) electrons. The molecule has 9 heteroatoms. The molecule has 2 heterocycles. The number of H-pyrrole nitrogens is 1. The van der Waals surface area contributed by atoms with Crippen LogP contribution in [0, 0.1) is 19.7 Å². The van der Waals surface area contributed by atoms with E-state index in [1.165, 1.54) is 31.2 Å². The second-order valence-electron chi connectivity index (χ2n) is 5.93. The van der Waals surface area contributed by atoms with Crippen molar-refractivity contribution in [2.45, 2.75) is 26.9 Å². The molecule has 0 saturated carbocycles. The number of hydrogen-bond donors (Lipinski definition) is 2. The van der Waals surface area contributed by atoms with Gasteiger partial charge in [0.05, 0.1) is 5.39 Å². The van der Waals surface area contributed by atoms with Gasteiger partial charge in [0, 0.05) is 5.69 Å². The molecule has 1 amide bonds. The van der Waals surface area contributed by atoms with Crippen LogP contribution in [0.4, 0.5) is 10.1 Å². The number of nitrogens with one attached hydrogen (secondary N) is 2. The number of carbonyl (C=O) groups is 2. The van der Waals surface area contributed by atoms with Crippen molar-refractivity contribution in [2.24, 2.45) is 0 Å². The predicted molar refractivity (Wildman–Crippen MR) is 99.6 cm³/mol. The number of anilines is 1. The number of hydrogen-bond acceptors (Lipinski definition) is 6. The second kappa shape index (κ2) is 7.28. The molecule has 0 aliphatic carbocycles. The van der Waals surface area contributed by atoms with Gasteiger partial charge in [-0.2, -0.15) is 0 Å². The van der Waals surface area contributed by atoms with Crippen LogP contribution in [0.25, 0.3) is 10.2 Å². The van der Waals surface area contributed by atoms with Gasteiger partial charge in [0.1, 0.15) is 21.3 Å². The van der Waals surface area contributed by atoms with Crippen LogP contribution in [-0.2, 0) is 9.53 Å². The maximum Gasteiger partial charge on any atom is 0.349 e. The highest BCUT2D eigenvalue weighted by molar-refractivity contribution is 7.20. The maximum absolute atomic E-state index is 12.9. The van der Waals surface area contributed by atoms with Gasteiger partial charge in [-0.25, -0.2) is 14.2 Å². The zero-order valence-corrected chi connectivity index (χ0v) is 15.6. The molecule has 3 rings (SSSR count). The minimum Gasteiger partial charge on any atom is -0.448 e. The summed E-state index contributed by atoms with van der Waals surface area (Å²) in [6.45, 7) is 4.70. The van der Waals surface area contributed by atoms with E-state index in [2.05, 4.69) is 15.3 Å². The Hall–Kier alpha value is -3.07. The molecule has 0 spiro atoms. The highest BCUT2D eigenvalue weighted by atomic mass is 32.1. The van der Waals surface area contributed by atoms with Crippen LogP contribution >= 0.6 is 11.3 Å².